The van der Waals surface area contributed by atoms with Gasteiger partial charge in [-0.2, -0.15) is 5.10 Å². The Labute approximate surface area is 91.1 Å². The molecule has 1 aromatic heterocycles. The fourth-order valence-corrected chi connectivity index (χ4v) is 2.62. The lowest BCUT2D eigenvalue weighted by Gasteiger charge is -2.25. The number of aromatic nitrogens is 2. The highest BCUT2D eigenvalue weighted by Crippen LogP contribution is 2.41. The van der Waals surface area contributed by atoms with Gasteiger partial charge in [-0.25, -0.2) is 0 Å². The lowest BCUT2D eigenvalue weighted by molar-refractivity contribution is 0.121. The van der Waals surface area contributed by atoms with Gasteiger partial charge < -0.3 is 5.11 Å². The predicted molar refractivity (Wildman–Crippen MR) is 59.5 cm³/mol. The maximum atomic E-state index is 9.48. The van der Waals surface area contributed by atoms with Crippen molar-refractivity contribution in [1.82, 2.24) is 9.78 Å². The molecule has 1 aromatic rings. The Morgan fingerprint density at radius 2 is 2.20 bits per heavy atom. The molecule has 0 amide bonds. The molecule has 2 rings (SSSR count). The number of hydrogen-bond acceptors (Lipinski definition) is 2. The van der Waals surface area contributed by atoms with Crippen LogP contribution in [0.1, 0.15) is 37.7 Å². The highest BCUT2D eigenvalue weighted by molar-refractivity contribution is 5.04. The Bertz CT molecular complexity index is 313. The summed E-state index contributed by atoms with van der Waals surface area (Å²) < 4.78 is 1.84. The van der Waals surface area contributed by atoms with Gasteiger partial charge in [-0.05, 0) is 36.7 Å². The Balaban J connectivity index is 1.91. The zero-order chi connectivity index (χ0) is 10.7. The van der Waals surface area contributed by atoms with Crippen LogP contribution in [0.25, 0.3) is 0 Å². The van der Waals surface area contributed by atoms with E-state index in [1.54, 1.807) is 0 Å². The van der Waals surface area contributed by atoms with Gasteiger partial charge in [0.1, 0.15) is 0 Å². The third-order valence-electron chi connectivity index (χ3n) is 3.70. The molecule has 1 aliphatic carbocycles. The van der Waals surface area contributed by atoms with Gasteiger partial charge in [0.2, 0.25) is 0 Å². The Morgan fingerprint density at radius 1 is 1.47 bits per heavy atom. The summed E-state index contributed by atoms with van der Waals surface area (Å²) in [6.45, 7) is 0.354. The van der Waals surface area contributed by atoms with E-state index in [1.807, 2.05) is 17.9 Å². The number of aliphatic hydroxyl groups is 1. The maximum Gasteiger partial charge on any atom is 0.0521 e. The smallest absolute Gasteiger partial charge is 0.0521 e. The van der Waals surface area contributed by atoms with E-state index in [2.05, 4.69) is 11.3 Å². The molecule has 1 fully saturated rings. The van der Waals surface area contributed by atoms with Crippen LogP contribution in [-0.2, 0) is 13.5 Å². The van der Waals surface area contributed by atoms with Crippen molar-refractivity contribution in [2.45, 2.75) is 38.5 Å². The molecule has 0 unspecified atom stereocenters. The van der Waals surface area contributed by atoms with Crippen molar-refractivity contribution in [2.75, 3.05) is 6.61 Å². The minimum Gasteiger partial charge on any atom is -0.396 e. The molecule has 0 aromatic carbocycles. The SMILES string of the molecule is Cn1cc(CCC2(CO)CCCC2)cn1. The molecule has 0 atom stereocenters. The first-order valence-corrected chi connectivity index (χ1v) is 5.82. The van der Waals surface area contributed by atoms with Crippen LogP contribution in [0.15, 0.2) is 12.4 Å². The van der Waals surface area contributed by atoms with Gasteiger partial charge in [-0.3, -0.25) is 4.68 Å². The molecule has 1 N–H and O–H groups in total. The van der Waals surface area contributed by atoms with Crippen molar-refractivity contribution in [3.63, 3.8) is 0 Å². The van der Waals surface area contributed by atoms with Crippen molar-refractivity contribution in [1.29, 1.82) is 0 Å². The number of nitrogens with zero attached hydrogens (tertiary/aromatic N) is 2. The summed E-state index contributed by atoms with van der Waals surface area (Å²) in [5, 5.41) is 13.6. The molecule has 1 saturated carbocycles. The number of hydrogen-bond donors (Lipinski definition) is 1. The lowest BCUT2D eigenvalue weighted by Crippen LogP contribution is -2.22. The standard InChI is InChI=1S/C12H20N2O/c1-14-9-11(8-13-14)4-7-12(10-15)5-2-3-6-12/h8-9,15H,2-7,10H2,1H3. The van der Waals surface area contributed by atoms with Crippen LogP contribution >= 0.6 is 0 Å². The molecule has 3 heteroatoms. The topological polar surface area (TPSA) is 38.0 Å². The largest absolute Gasteiger partial charge is 0.396 e. The second-order valence-electron chi connectivity index (χ2n) is 4.89. The van der Waals surface area contributed by atoms with Gasteiger partial charge in [0.25, 0.3) is 0 Å². The fourth-order valence-electron chi connectivity index (χ4n) is 2.62. The minimum atomic E-state index is 0.218. The summed E-state index contributed by atoms with van der Waals surface area (Å²) in [6.07, 6.45) is 11.1. The van der Waals surface area contributed by atoms with Crippen LogP contribution in [0.3, 0.4) is 0 Å². The summed E-state index contributed by atoms with van der Waals surface area (Å²) in [5.74, 6) is 0. The molecule has 84 valence electrons. The van der Waals surface area contributed by atoms with Crippen molar-refractivity contribution in [3.05, 3.63) is 18.0 Å². The summed E-state index contributed by atoms with van der Waals surface area (Å²) in [7, 11) is 1.95. The first-order valence-electron chi connectivity index (χ1n) is 5.82. The monoisotopic (exact) mass is 208 g/mol. The van der Waals surface area contributed by atoms with Crippen LogP contribution in [0.5, 0.6) is 0 Å². The molecule has 1 aliphatic rings. The van der Waals surface area contributed by atoms with E-state index < -0.39 is 0 Å². The van der Waals surface area contributed by atoms with Gasteiger partial charge in [-0.1, -0.05) is 12.8 Å². The maximum absolute atomic E-state index is 9.48. The zero-order valence-electron chi connectivity index (χ0n) is 9.45. The molecule has 15 heavy (non-hydrogen) atoms. The van der Waals surface area contributed by atoms with E-state index in [1.165, 1.54) is 31.2 Å². The average molecular weight is 208 g/mol. The normalized spacial score (nSPS) is 19.6. The summed E-state index contributed by atoms with van der Waals surface area (Å²) in [4.78, 5) is 0. The van der Waals surface area contributed by atoms with E-state index in [9.17, 15) is 5.11 Å². The molecule has 1 heterocycles. The predicted octanol–water partition coefficient (Wildman–Crippen LogP) is 1.91. The molecule has 0 saturated heterocycles. The minimum absolute atomic E-state index is 0.218. The van der Waals surface area contributed by atoms with E-state index in [-0.39, 0.29) is 5.41 Å². The first-order chi connectivity index (χ1) is 7.24. The first kappa shape index (κ1) is 10.7. The van der Waals surface area contributed by atoms with E-state index in [0.29, 0.717) is 6.61 Å². The molecule has 0 bridgehead atoms. The van der Waals surface area contributed by atoms with Gasteiger partial charge in [-0.15, -0.1) is 0 Å². The van der Waals surface area contributed by atoms with E-state index in [4.69, 9.17) is 0 Å². The fraction of sp³-hybridized carbons (Fsp3) is 0.750. The summed E-state index contributed by atoms with van der Waals surface area (Å²) in [6, 6.07) is 0. The Hall–Kier alpha value is -0.830. The summed E-state index contributed by atoms with van der Waals surface area (Å²) in [5.41, 5.74) is 1.51. The van der Waals surface area contributed by atoms with Gasteiger partial charge in [0.05, 0.1) is 6.20 Å². The molecular formula is C12H20N2O. The van der Waals surface area contributed by atoms with E-state index >= 15 is 0 Å². The van der Waals surface area contributed by atoms with Crippen molar-refractivity contribution < 1.29 is 5.11 Å². The van der Waals surface area contributed by atoms with Crippen LogP contribution in [0.4, 0.5) is 0 Å². The van der Waals surface area contributed by atoms with Gasteiger partial charge in [0.15, 0.2) is 0 Å². The van der Waals surface area contributed by atoms with Crippen LogP contribution in [0, 0.1) is 5.41 Å². The van der Waals surface area contributed by atoms with Crippen LogP contribution in [-0.4, -0.2) is 21.5 Å². The molecule has 0 spiro atoms. The highest BCUT2D eigenvalue weighted by Gasteiger charge is 2.32. The van der Waals surface area contributed by atoms with E-state index in [0.717, 1.165) is 12.8 Å². The highest BCUT2D eigenvalue weighted by atomic mass is 16.3. The van der Waals surface area contributed by atoms with Crippen LogP contribution < -0.4 is 0 Å². The average Bonchev–Trinajstić information content (AvgIpc) is 2.85. The molecule has 0 radical (unpaired) electrons. The second-order valence-corrected chi connectivity index (χ2v) is 4.89. The zero-order valence-corrected chi connectivity index (χ0v) is 9.45. The molecule has 0 aliphatic heterocycles. The Morgan fingerprint density at radius 3 is 2.73 bits per heavy atom. The second kappa shape index (κ2) is 4.35. The molecular weight excluding hydrogens is 188 g/mol. The third-order valence-corrected chi connectivity index (χ3v) is 3.70. The van der Waals surface area contributed by atoms with Gasteiger partial charge >= 0.3 is 0 Å². The number of rotatable bonds is 4. The molecule has 3 nitrogen and oxygen atoms in total. The van der Waals surface area contributed by atoms with Crippen LogP contribution in [0.2, 0.25) is 0 Å². The quantitative estimate of drug-likeness (QED) is 0.820. The summed E-state index contributed by atoms with van der Waals surface area (Å²) >= 11 is 0. The lowest BCUT2D eigenvalue weighted by atomic mass is 9.82. The van der Waals surface area contributed by atoms with Crippen molar-refractivity contribution in [3.8, 4) is 0 Å². The number of aliphatic hydroxyl groups excluding tert-OH is 1. The van der Waals surface area contributed by atoms with Crippen molar-refractivity contribution in [2.24, 2.45) is 12.5 Å². The Kier molecular flexibility index (Phi) is 3.10. The van der Waals surface area contributed by atoms with Gasteiger partial charge in [0, 0.05) is 19.9 Å². The van der Waals surface area contributed by atoms with Crippen molar-refractivity contribution >= 4 is 0 Å². The third kappa shape index (κ3) is 2.40. The number of aryl methyl sites for hydroxylation is 2.